The molecule has 0 aliphatic carbocycles. The molecule has 2 heterocycles. The Kier molecular flexibility index (Phi) is 4.55. The number of morpholine rings is 1. The normalized spacial score (nSPS) is 21.5. The van der Waals surface area contributed by atoms with Crippen LogP contribution >= 0.6 is 0 Å². The maximum absolute atomic E-state index is 12.1. The minimum atomic E-state index is -0.355. The number of cyclic esters (lactones) is 1. The smallest absolute Gasteiger partial charge is 0.414 e. The summed E-state index contributed by atoms with van der Waals surface area (Å²) in [4.78, 5) is 25.2. The van der Waals surface area contributed by atoms with E-state index in [1.807, 2.05) is 6.07 Å². The molecule has 2 fully saturated rings. The van der Waals surface area contributed by atoms with Crippen LogP contribution in [0.3, 0.4) is 0 Å². The molecule has 2 aliphatic rings. The number of anilines is 2. The van der Waals surface area contributed by atoms with Crippen LogP contribution in [-0.2, 0) is 14.3 Å². The SMILES string of the molecule is O=C(C[C@@H]1COCCN1)Nc1cccc(N2CCOC2=O)c1. The highest BCUT2D eigenvalue weighted by molar-refractivity contribution is 5.93. The van der Waals surface area contributed by atoms with Gasteiger partial charge in [0.05, 0.1) is 19.8 Å². The van der Waals surface area contributed by atoms with Gasteiger partial charge in [0.25, 0.3) is 0 Å². The average Bonchev–Trinajstić information content (AvgIpc) is 2.94. The fourth-order valence-electron chi connectivity index (χ4n) is 2.57. The fraction of sp³-hybridized carbons (Fsp3) is 0.467. The summed E-state index contributed by atoms with van der Waals surface area (Å²) in [6, 6.07) is 7.24. The number of carbonyl (C=O) groups excluding carboxylic acids is 2. The molecule has 0 radical (unpaired) electrons. The van der Waals surface area contributed by atoms with E-state index in [0.717, 1.165) is 12.2 Å². The fourth-order valence-corrected chi connectivity index (χ4v) is 2.57. The maximum atomic E-state index is 12.1. The Bertz CT molecular complexity index is 557. The van der Waals surface area contributed by atoms with Crippen molar-refractivity contribution in [3.63, 3.8) is 0 Å². The van der Waals surface area contributed by atoms with Gasteiger partial charge < -0.3 is 20.1 Å². The predicted molar refractivity (Wildman–Crippen MR) is 81.0 cm³/mol. The molecule has 118 valence electrons. The van der Waals surface area contributed by atoms with Crippen molar-refractivity contribution in [1.29, 1.82) is 0 Å². The van der Waals surface area contributed by atoms with Crippen molar-refractivity contribution in [3.8, 4) is 0 Å². The van der Waals surface area contributed by atoms with Gasteiger partial charge in [-0.2, -0.15) is 0 Å². The molecule has 0 bridgehead atoms. The number of hydrogen-bond acceptors (Lipinski definition) is 5. The van der Waals surface area contributed by atoms with Crippen LogP contribution in [0, 0.1) is 0 Å². The van der Waals surface area contributed by atoms with E-state index in [1.165, 1.54) is 0 Å². The van der Waals surface area contributed by atoms with Gasteiger partial charge in [-0.05, 0) is 18.2 Å². The van der Waals surface area contributed by atoms with Crippen molar-refractivity contribution < 1.29 is 19.1 Å². The summed E-state index contributed by atoms with van der Waals surface area (Å²) in [5.74, 6) is -0.0795. The lowest BCUT2D eigenvalue weighted by Crippen LogP contribution is -2.43. The van der Waals surface area contributed by atoms with Crippen LogP contribution in [0.4, 0.5) is 16.2 Å². The number of amides is 2. The first-order valence-electron chi connectivity index (χ1n) is 7.38. The number of carbonyl (C=O) groups is 2. The Morgan fingerprint density at radius 1 is 1.41 bits per heavy atom. The molecule has 22 heavy (non-hydrogen) atoms. The number of ether oxygens (including phenoxy) is 2. The first-order chi connectivity index (χ1) is 10.7. The standard InChI is InChI=1S/C15H19N3O4/c19-14(9-12-10-21-6-4-16-12)17-11-2-1-3-13(8-11)18-5-7-22-15(18)20/h1-3,8,12,16H,4-7,9-10H2,(H,17,19)/t12-/m1/s1. The topological polar surface area (TPSA) is 79.9 Å². The minimum absolute atomic E-state index is 0.0468. The van der Waals surface area contributed by atoms with Crippen LogP contribution in [0.15, 0.2) is 24.3 Å². The van der Waals surface area contributed by atoms with E-state index >= 15 is 0 Å². The van der Waals surface area contributed by atoms with Crippen molar-refractivity contribution in [1.82, 2.24) is 5.32 Å². The van der Waals surface area contributed by atoms with Crippen molar-refractivity contribution in [2.75, 3.05) is 43.1 Å². The second-order valence-electron chi connectivity index (χ2n) is 5.29. The summed E-state index contributed by atoms with van der Waals surface area (Å²) in [5, 5.41) is 6.10. The summed E-state index contributed by atoms with van der Waals surface area (Å²) in [6.45, 7) is 2.92. The first-order valence-corrected chi connectivity index (χ1v) is 7.38. The Morgan fingerprint density at radius 3 is 3.05 bits per heavy atom. The third kappa shape index (κ3) is 3.55. The molecule has 3 rings (SSSR count). The van der Waals surface area contributed by atoms with E-state index in [9.17, 15) is 9.59 Å². The van der Waals surface area contributed by atoms with Gasteiger partial charge in [-0.25, -0.2) is 4.79 Å². The molecular weight excluding hydrogens is 286 g/mol. The van der Waals surface area contributed by atoms with Crippen molar-refractivity contribution >= 4 is 23.4 Å². The van der Waals surface area contributed by atoms with E-state index in [-0.39, 0.29) is 18.0 Å². The van der Waals surface area contributed by atoms with Crippen LogP contribution in [0.1, 0.15) is 6.42 Å². The molecule has 7 nitrogen and oxygen atoms in total. The maximum Gasteiger partial charge on any atom is 0.414 e. The molecule has 1 aromatic rings. The number of nitrogens with zero attached hydrogens (tertiary/aromatic N) is 1. The van der Waals surface area contributed by atoms with Crippen LogP contribution in [-0.4, -0.2) is 51.0 Å². The molecule has 2 amide bonds. The zero-order valence-electron chi connectivity index (χ0n) is 12.2. The third-order valence-corrected chi connectivity index (χ3v) is 3.63. The van der Waals surface area contributed by atoms with Crippen LogP contribution < -0.4 is 15.5 Å². The molecular formula is C15H19N3O4. The van der Waals surface area contributed by atoms with Crippen molar-refractivity contribution in [2.24, 2.45) is 0 Å². The predicted octanol–water partition coefficient (Wildman–Crippen LogP) is 0.960. The van der Waals surface area contributed by atoms with Crippen LogP contribution in [0.25, 0.3) is 0 Å². The van der Waals surface area contributed by atoms with Crippen LogP contribution in [0.2, 0.25) is 0 Å². The molecule has 1 atom stereocenters. The quantitative estimate of drug-likeness (QED) is 0.866. The first kappa shape index (κ1) is 14.8. The molecule has 1 aromatic carbocycles. The molecule has 2 N–H and O–H groups in total. The molecule has 0 spiro atoms. The summed E-state index contributed by atoms with van der Waals surface area (Å²) in [5.41, 5.74) is 1.39. The van der Waals surface area contributed by atoms with Gasteiger partial charge in [-0.15, -0.1) is 0 Å². The molecule has 2 aliphatic heterocycles. The lowest BCUT2D eigenvalue weighted by atomic mass is 10.2. The number of hydrogen-bond donors (Lipinski definition) is 2. The Morgan fingerprint density at radius 2 is 2.32 bits per heavy atom. The van der Waals surface area contributed by atoms with E-state index in [0.29, 0.717) is 38.5 Å². The minimum Gasteiger partial charge on any atom is -0.447 e. The van der Waals surface area contributed by atoms with Gasteiger partial charge in [0, 0.05) is 30.4 Å². The zero-order valence-corrected chi connectivity index (χ0v) is 12.2. The Hall–Kier alpha value is -2.12. The second-order valence-corrected chi connectivity index (χ2v) is 5.29. The van der Waals surface area contributed by atoms with E-state index in [4.69, 9.17) is 9.47 Å². The zero-order chi connectivity index (χ0) is 15.4. The van der Waals surface area contributed by atoms with Gasteiger partial charge in [0.1, 0.15) is 6.61 Å². The molecule has 7 heteroatoms. The summed E-state index contributed by atoms with van der Waals surface area (Å²) < 4.78 is 10.2. The Balaban J connectivity index is 1.60. The van der Waals surface area contributed by atoms with E-state index in [2.05, 4.69) is 10.6 Å². The average molecular weight is 305 g/mol. The van der Waals surface area contributed by atoms with Crippen LogP contribution in [0.5, 0.6) is 0 Å². The van der Waals surface area contributed by atoms with Gasteiger partial charge in [-0.3, -0.25) is 9.69 Å². The van der Waals surface area contributed by atoms with E-state index < -0.39 is 0 Å². The molecule has 2 saturated heterocycles. The lowest BCUT2D eigenvalue weighted by Gasteiger charge is -2.23. The monoisotopic (exact) mass is 305 g/mol. The number of rotatable bonds is 4. The largest absolute Gasteiger partial charge is 0.447 e. The lowest BCUT2D eigenvalue weighted by molar-refractivity contribution is -0.117. The molecule has 0 unspecified atom stereocenters. The van der Waals surface area contributed by atoms with Gasteiger partial charge in [-0.1, -0.05) is 6.07 Å². The number of benzene rings is 1. The Labute approximate surface area is 128 Å². The van der Waals surface area contributed by atoms with Gasteiger partial charge >= 0.3 is 6.09 Å². The van der Waals surface area contributed by atoms with Gasteiger partial charge in [0.15, 0.2) is 0 Å². The van der Waals surface area contributed by atoms with Crippen molar-refractivity contribution in [3.05, 3.63) is 24.3 Å². The molecule has 0 aromatic heterocycles. The van der Waals surface area contributed by atoms with E-state index in [1.54, 1.807) is 23.1 Å². The molecule has 0 saturated carbocycles. The third-order valence-electron chi connectivity index (χ3n) is 3.63. The highest BCUT2D eigenvalue weighted by Gasteiger charge is 2.24. The summed E-state index contributed by atoms with van der Waals surface area (Å²) >= 11 is 0. The highest BCUT2D eigenvalue weighted by Crippen LogP contribution is 2.22. The highest BCUT2D eigenvalue weighted by atomic mass is 16.6. The number of nitrogens with one attached hydrogen (secondary N) is 2. The summed E-state index contributed by atoms with van der Waals surface area (Å²) in [7, 11) is 0. The van der Waals surface area contributed by atoms with Gasteiger partial charge in [0.2, 0.25) is 5.91 Å². The summed E-state index contributed by atoms with van der Waals surface area (Å²) in [6.07, 6.45) is 0.00253. The van der Waals surface area contributed by atoms with Crippen molar-refractivity contribution in [2.45, 2.75) is 12.5 Å². The second kappa shape index (κ2) is 6.76.